The first-order valence-corrected chi connectivity index (χ1v) is 18.1. The van der Waals surface area contributed by atoms with E-state index in [0.29, 0.717) is 85.1 Å². The number of primary amides is 2. The van der Waals surface area contributed by atoms with E-state index in [2.05, 4.69) is 25.8 Å². The Kier molecular flexibility index (Phi) is 11.9. The molecule has 4 aromatic heterocycles. The molecule has 292 valence electrons. The molecular formula is C38H44N12O6. The lowest BCUT2D eigenvalue weighted by atomic mass is 10.2. The number of hydrogen-bond acceptors (Lipinski definition) is 10. The van der Waals surface area contributed by atoms with Crippen molar-refractivity contribution < 1.29 is 29.0 Å². The normalized spacial score (nSPS) is 11.6. The van der Waals surface area contributed by atoms with Crippen LogP contribution in [0.15, 0.2) is 60.7 Å². The van der Waals surface area contributed by atoms with Gasteiger partial charge in [-0.2, -0.15) is 10.2 Å². The number of imidazole rings is 2. The van der Waals surface area contributed by atoms with Crippen molar-refractivity contribution in [3.63, 3.8) is 0 Å². The minimum absolute atomic E-state index is 0.0869. The molecule has 0 aliphatic heterocycles. The van der Waals surface area contributed by atoms with Gasteiger partial charge in [0, 0.05) is 49.9 Å². The number of ether oxygens (including phenoxy) is 1. The first-order valence-electron chi connectivity index (χ1n) is 18.1. The number of amides is 3. The molecule has 56 heavy (non-hydrogen) atoms. The molecule has 7 N–H and O–H groups in total. The van der Waals surface area contributed by atoms with Gasteiger partial charge in [-0.05, 0) is 76.1 Å². The Morgan fingerprint density at radius 2 is 1.38 bits per heavy atom. The number of allylic oxidation sites excluding steroid dienone is 2. The Morgan fingerprint density at radius 3 is 1.98 bits per heavy atom. The molecule has 0 aliphatic rings. The van der Waals surface area contributed by atoms with Gasteiger partial charge in [-0.1, -0.05) is 12.2 Å². The van der Waals surface area contributed by atoms with E-state index in [9.17, 15) is 19.2 Å². The fourth-order valence-corrected chi connectivity index (χ4v) is 6.29. The third kappa shape index (κ3) is 8.92. The number of nitrogens with zero attached hydrogens (tertiary/aromatic N) is 8. The van der Waals surface area contributed by atoms with Gasteiger partial charge in [-0.3, -0.25) is 29.2 Å². The lowest BCUT2D eigenvalue weighted by molar-refractivity contribution is -0.137. The van der Waals surface area contributed by atoms with Gasteiger partial charge in [0.15, 0.2) is 0 Å². The third-order valence-electron chi connectivity index (χ3n) is 8.99. The predicted octanol–water partition coefficient (Wildman–Crippen LogP) is 4.14. The molecule has 6 rings (SSSR count). The third-order valence-corrected chi connectivity index (χ3v) is 8.99. The maximum absolute atomic E-state index is 13.7. The van der Waals surface area contributed by atoms with E-state index in [1.807, 2.05) is 45.9 Å². The summed E-state index contributed by atoms with van der Waals surface area (Å²) in [6, 6.07) is 13.6. The summed E-state index contributed by atoms with van der Waals surface area (Å²) < 4.78 is 12.8. The van der Waals surface area contributed by atoms with E-state index in [-0.39, 0.29) is 24.5 Å². The molecule has 18 nitrogen and oxygen atoms in total. The molecule has 0 saturated heterocycles. The first kappa shape index (κ1) is 38.9. The zero-order valence-electron chi connectivity index (χ0n) is 31.4. The van der Waals surface area contributed by atoms with Crippen LogP contribution in [0.5, 0.6) is 0 Å². The highest BCUT2D eigenvalue weighted by molar-refractivity contribution is 6.03. The number of aromatic nitrogens is 8. The minimum Gasteiger partial charge on any atom is -0.481 e. The molecule has 0 atom stereocenters. The molecule has 0 bridgehead atoms. The molecule has 2 aromatic carbocycles. The summed E-state index contributed by atoms with van der Waals surface area (Å²) in [6.45, 7) is 8.00. The second-order valence-corrected chi connectivity index (χ2v) is 13.1. The van der Waals surface area contributed by atoms with Gasteiger partial charge < -0.3 is 35.8 Å². The number of fused-ring (bicyclic) bond motifs is 2. The Morgan fingerprint density at radius 1 is 0.786 bits per heavy atom. The number of anilines is 3. The highest BCUT2D eigenvalue weighted by Crippen LogP contribution is 2.26. The number of carboxylic acid groups (broad SMARTS) is 1. The first-order chi connectivity index (χ1) is 26.9. The Bertz CT molecular complexity index is 2450. The molecule has 6 aromatic rings. The van der Waals surface area contributed by atoms with Crippen molar-refractivity contribution in [3.05, 3.63) is 88.9 Å². The van der Waals surface area contributed by atoms with Gasteiger partial charge >= 0.3 is 5.97 Å². The summed E-state index contributed by atoms with van der Waals surface area (Å²) >= 11 is 0. The number of nitrogens with one attached hydrogen (secondary N) is 2. The summed E-state index contributed by atoms with van der Waals surface area (Å²) in [5.41, 5.74) is 16.0. The van der Waals surface area contributed by atoms with E-state index in [1.54, 1.807) is 54.1 Å². The van der Waals surface area contributed by atoms with Crippen LogP contribution in [0, 0.1) is 13.8 Å². The number of rotatable bonds is 19. The van der Waals surface area contributed by atoms with Crippen LogP contribution in [0.2, 0.25) is 0 Å². The highest BCUT2D eigenvalue weighted by Gasteiger charge is 2.20. The average Bonchev–Trinajstić information content (AvgIpc) is 3.91. The van der Waals surface area contributed by atoms with Gasteiger partial charge in [-0.25, -0.2) is 14.6 Å². The SMILES string of the molecule is CCn1nc(C)cc1Nc1nc2cc(C(N)=O)ccc2n1C/C=C/Cn1c(NC(=O)c2cc(C)nn2CCOCCCCC(=O)O)nc2cc(C(N)=O)ccc21. The van der Waals surface area contributed by atoms with Crippen molar-refractivity contribution in [1.82, 2.24) is 38.7 Å². The quantitative estimate of drug-likeness (QED) is 0.0580. The van der Waals surface area contributed by atoms with Gasteiger partial charge in [0.05, 0.1) is 46.6 Å². The van der Waals surface area contributed by atoms with Crippen molar-refractivity contribution in [1.29, 1.82) is 0 Å². The van der Waals surface area contributed by atoms with Crippen molar-refractivity contribution in [2.45, 2.75) is 66.2 Å². The maximum atomic E-state index is 13.7. The van der Waals surface area contributed by atoms with E-state index in [0.717, 1.165) is 17.0 Å². The van der Waals surface area contributed by atoms with Gasteiger partial charge in [-0.15, -0.1) is 0 Å². The molecule has 4 heterocycles. The van der Waals surface area contributed by atoms with Crippen molar-refractivity contribution in [2.75, 3.05) is 23.8 Å². The van der Waals surface area contributed by atoms with Crippen LogP contribution in [0.3, 0.4) is 0 Å². The number of aryl methyl sites for hydroxylation is 3. The molecule has 0 saturated carbocycles. The average molecular weight is 765 g/mol. The predicted molar refractivity (Wildman–Crippen MR) is 209 cm³/mol. The van der Waals surface area contributed by atoms with Crippen LogP contribution in [0.4, 0.5) is 17.7 Å². The summed E-state index contributed by atoms with van der Waals surface area (Å²) in [7, 11) is 0. The maximum Gasteiger partial charge on any atom is 0.303 e. The van der Waals surface area contributed by atoms with Crippen molar-refractivity contribution in [3.8, 4) is 0 Å². The number of carbonyl (C=O) groups is 4. The summed E-state index contributed by atoms with van der Waals surface area (Å²) in [6.07, 6.45) is 5.09. The van der Waals surface area contributed by atoms with E-state index in [1.165, 1.54) is 0 Å². The number of aliphatic carboxylic acids is 1. The van der Waals surface area contributed by atoms with Gasteiger partial charge in [0.25, 0.3) is 5.91 Å². The minimum atomic E-state index is -0.842. The zero-order valence-corrected chi connectivity index (χ0v) is 31.4. The zero-order chi connectivity index (χ0) is 39.9. The summed E-state index contributed by atoms with van der Waals surface area (Å²) in [5, 5.41) is 24.1. The number of unbranched alkanes of at least 4 members (excludes halogenated alkanes) is 1. The Balaban J connectivity index is 1.24. The molecule has 0 radical (unpaired) electrons. The largest absolute Gasteiger partial charge is 0.481 e. The number of carbonyl (C=O) groups excluding carboxylic acids is 3. The molecule has 0 unspecified atom stereocenters. The number of carboxylic acids is 1. The lowest BCUT2D eigenvalue weighted by Crippen LogP contribution is -2.21. The molecule has 3 amide bonds. The highest BCUT2D eigenvalue weighted by atomic mass is 16.5. The molecule has 0 aliphatic carbocycles. The smallest absolute Gasteiger partial charge is 0.303 e. The number of benzene rings is 2. The monoisotopic (exact) mass is 764 g/mol. The second-order valence-electron chi connectivity index (χ2n) is 13.1. The molecule has 18 heteroatoms. The van der Waals surface area contributed by atoms with Gasteiger partial charge in [0.2, 0.25) is 23.7 Å². The van der Waals surface area contributed by atoms with Crippen molar-refractivity contribution >= 4 is 63.5 Å². The summed E-state index contributed by atoms with van der Waals surface area (Å²) in [5.74, 6) is -0.897. The standard InChI is InChI=1S/C38H44N12O6/c1-4-49-32(20-24(3)45-49)43-37-41-27-21-25(34(39)53)10-12-29(27)47(37)14-6-7-15-48-30-13-11-26(35(40)54)22-28(30)42-38(48)44-36(55)31-19-23(2)46-50(31)16-18-56-17-8-5-9-33(51)52/h6-7,10-13,19-22H,4-5,8-9,14-18H2,1-3H3,(H2,39,53)(H2,40,54)(H,41,43)(H,51,52)(H,42,44,55)/b7-6+. The van der Waals surface area contributed by atoms with Crippen LogP contribution in [-0.2, 0) is 35.7 Å². The molecule has 0 fully saturated rings. The Hall–Kier alpha value is -6.82. The Labute approximate surface area is 321 Å². The van der Waals surface area contributed by atoms with E-state index in [4.69, 9.17) is 26.3 Å². The van der Waals surface area contributed by atoms with Crippen LogP contribution in [0.1, 0.15) is 68.8 Å². The molecular weight excluding hydrogens is 720 g/mol. The second kappa shape index (κ2) is 17.1. The lowest BCUT2D eigenvalue weighted by Gasteiger charge is -2.11. The van der Waals surface area contributed by atoms with E-state index >= 15 is 0 Å². The fourth-order valence-electron chi connectivity index (χ4n) is 6.29. The topological polar surface area (TPSA) is 245 Å². The van der Waals surface area contributed by atoms with Crippen LogP contribution in [0.25, 0.3) is 22.1 Å². The summed E-state index contributed by atoms with van der Waals surface area (Å²) in [4.78, 5) is 57.9. The van der Waals surface area contributed by atoms with Crippen LogP contribution in [-0.4, -0.2) is 80.7 Å². The van der Waals surface area contributed by atoms with Crippen LogP contribution < -0.4 is 22.1 Å². The van der Waals surface area contributed by atoms with Crippen LogP contribution >= 0.6 is 0 Å². The number of hydrogen-bond donors (Lipinski definition) is 5. The fraction of sp³-hybridized carbons (Fsp3) is 0.316. The van der Waals surface area contributed by atoms with Gasteiger partial charge in [0.1, 0.15) is 11.5 Å². The van der Waals surface area contributed by atoms with E-state index < -0.39 is 23.7 Å². The number of nitrogens with two attached hydrogens (primary N) is 2. The van der Waals surface area contributed by atoms with Crippen molar-refractivity contribution in [2.24, 2.45) is 11.5 Å². The molecule has 0 spiro atoms.